The second kappa shape index (κ2) is 10.0. The van der Waals surface area contributed by atoms with Crippen molar-refractivity contribution < 1.29 is 22.4 Å². The molecule has 0 aromatic carbocycles. The standard InChI is InChI=1S/C22H20F4N6OS/c1-13-2-4-18(32(13)34-19-5-3-17(23)12-28-19)20(33)29-8-14-6-15(9-27-7-14)16-10-30-21(31-11-16)22(24,25)26/h3,5-7,9-13,18H,2,4,8H2,1H3,(H,29,33). The number of hydrogen-bond donors (Lipinski definition) is 1. The van der Waals surface area contributed by atoms with Gasteiger partial charge in [0.25, 0.3) is 0 Å². The number of hydrogen-bond acceptors (Lipinski definition) is 7. The molecule has 2 unspecified atom stereocenters. The third-order valence-electron chi connectivity index (χ3n) is 5.30. The Hall–Kier alpha value is -3.12. The molecular weight excluding hydrogens is 472 g/mol. The van der Waals surface area contributed by atoms with Gasteiger partial charge in [-0.1, -0.05) is 0 Å². The molecule has 0 spiro atoms. The molecule has 0 aliphatic carbocycles. The van der Waals surface area contributed by atoms with Crippen molar-refractivity contribution in [2.24, 2.45) is 0 Å². The Balaban J connectivity index is 1.40. The van der Waals surface area contributed by atoms with E-state index in [0.29, 0.717) is 28.1 Å². The van der Waals surface area contributed by atoms with E-state index < -0.39 is 17.8 Å². The summed E-state index contributed by atoms with van der Waals surface area (Å²) in [5, 5.41) is 3.50. The summed E-state index contributed by atoms with van der Waals surface area (Å²) in [6.45, 7) is 2.21. The molecule has 12 heteroatoms. The number of rotatable bonds is 6. The molecule has 0 bridgehead atoms. The predicted octanol–water partition coefficient (Wildman–Crippen LogP) is 4.27. The first-order valence-electron chi connectivity index (χ1n) is 10.4. The minimum atomic E-state index is -4.61. The molecule has 3 aromatic rings. The third kappa shape index (κ3) is 5.68. The summed E-state index contributed by atoms with van der Waals surface area (Å²) in [6, 6.07) is 4.36. The van der Waals surface area contributed by atoms with Gasteiger partial charge in [0.05, 0.1) is 12.2 Å². The van der Waals surface area contributed by atoms with Crippen molar-refractivity contribution in [3.63, 3.8) is 0 Å². The lowest BCUT2D eigenvalue weighted by molar-refractivity contribution is -0.145. The van der Waals surface area contributed by atoms with Crippen LogP contribution in [0, 0.1) is 5.82 Å². The van der Waals surface area contributed by atoms with Crippen LogP contribution in [-0.2, 0) is 17.5 Å². The maximum absolute atomic E-state index is 13.1. The van der Waals surface area contributed by atoms with Crippen LogP contribution in [0.2, 0.25) is 0 Å². The zero-order valence-electron chi connectivity index (χ0n) is 18.0. The monoisotopic (exact) mass is 492 g/mol. The lowest BCUT2D eigenvalue weighted by Gasteiger charge is -2.25. The highest BCUT2D eigenvalue weighted by Gasteiger charge is 2.37. The molecule has 3 aromatic heterocycles. The van der Waals surface area contributed by atoms with Crippen molar-refractivity contribution in [2.45, 2.75) is 49.6 Å². The van der Waals surface area contributed by atoms with E-state index in [9.17, 15) is 22.4 Å². The summed E-state index contributed by atoms with van der Waals surface area (Å²) in [7, 11) is 0. The number of aromatic nitrogens is 4. The first-order valence-corrected chi connectivity index (χ1v) is 11.2. The largest absolute Gasteiger partial charge is 0.451 e. The SMILES string of the molecule is CC1CCC(C(=O)NCc2cncc(-c3cnc(C(F)(F)F)nc3)c2)N1Sc1ccc(F)cn1. The van der Waals surface area contributed by atoms with Crippen molar-refractivity contribution in [1.82, 2.24) is 29.6 Å². The number of carbonyl (C=O) groups excluding carboxylic acids is 1. The van der Waals surface area contributed by atoms with Gasteiger partial charge in [-0.3, -0.25) is 9.78 Å². The van der Waals surface area contributed by atoms with Crippen LogP contribution >= 0.6 is 11.9 Å². The zero-order valence-corrected chi connectivity index (χ0v) is 18.8. The molecule has 1 fully saturated rings. The van der Waals surface area contributed by atoms with E-state index in [-0.39, 0.29) is 24.5 Å². The van der Waals surface area contributed by atoms with E-state index in [0.717, 1.165) is 25.0 Å². The van der Waals surface area contributed by atoms with Crippen LogP contribution in [0.3, 0.4) is 0 Å². The van der Waals surface area contributed by atoms with Gasteiger partial charge in [-0.05, 0) is 55.5 Å². The van der Waals surface area contributed by atoms with E-state index in [4.69, 9.17) is 0 Å². The molecule has 4 heterocycles. The number of amides is 1. The van der Waals surface area contributed by atoms with Crippen LogP contribution in [0.15, 0.2) is 54.2 Å². The van der Waals surface area contributed by atoms with E-state index in [1.165, 1.54) is 24.2 Å². The Labute approximate surface area is 197 Å². The van der Waals surface area contributed by atoms with Crippen LogP contribution < -0.4 is 5.32 Å². The molecule has 1 aliphatic rings. The summed E-state index contributed by atoms with van der Waals surface area (Å²) in [5.41, 5.74) is 1.60. The second-order valence-electron chi connectivity index (χ2n) is 7.80. The summed E-state index contributed by atoms with van der Waals surface area (Å²) in [5.74, 6) is -1.80. The highest BCUT2D eigenvalue weighted by Crippen LogP contribution is 2.34. The topological polar surface area (TPSA) is 83.9 Å². The van der Waals surface area contributed by atoms with Gasteiger partial charge in [0, 0.05) is 48.5 Å². The first kappa shape index (κ1) is 24.0. The average molecular weight is 493 g/mol. The molecule has 178 valence electrons. The third-order valence-corrected chi connectivity index (χ3v) is 6.56. The van der Waals surface area contributed by atoms with E-state index in [1.54, 1.807) is 18.3 Å². The van der Waals surface area contributed by atoms with Gasteiger partial charge in [0.1, 0.15) is 10.8 Å². The smallest absolute Gasteiger partial charge is 0.351 e. The van der Waals surface area contributed by atoms with Crippen molar-refractivity contribution >= 4 is 17.9 Å². The summed E-state index contributed by atoms with van der Waals surface area (Å²) in [4.78, 5) is 27.8. The summed E-state index contributed by atoms with van der Waals surface area (Å²) < 4.78 is 53.1. The van der Waals surface area contributed by atoms with Crippen molar-refractivity contribution in [2.75, 3.05) is 0 Å². The number of nitrogens with zero attached hydrogens (tertiary/aromatic N) is 5. The fraction of sp³-hybridized carbons (Fsp3) is 0.318. The Bertz CT molecular complexity index is 1140. The number of halogens is 4. The molecule has 1 aliphatic heterocycles. The molecular formula is C22H20F4N6OS. The molecule has 2 atom stereocenters. The number of nitrogens with one attached hydrogen (secondary N) is 1. The average Bonchev–Trinajstić information content (AvgIpc) is 3.19. The van der Waals surface area contributed by atoms with Crippen LogP contribution in [0.1, 0.15) is 31.2 Å². The van der Waals surface area contributed by atoms with Gasteiger partial charge in [-0.15, -0.1) is 0 Å². The lowest BCUT2D eigenvalue weighted by atomic mass is 10.1. The minimum Gasteiger partial charge on any atom is -0.351 e. The molecule has 7 nitrogen and oxygen atoms in total. The van der Waals surface area contributed by atoms with Crippen LogP contribution in [0.4, 0.5) is 17.6 Å². The molecule has 34 heavy (non-hydrogen) atoms. The Morgan fingerprint density at radius 1 is 1.09 bits per heavy atom. The van der Waals surface area contributed by atoms with Crippen LogP contribution in [0.5, 0.6) is 0 Å². The zero-order chi connectivity index (χ0) is 24.3. The lowest BCUT2D eigenvalue weighted by Crippen LogP contribution is -2.41. The first-order chi connectivity index (χ1) is 16.2. The normalized spacial score (nSPS) is 18.7. The molecule has 1 N–H and O–H groups in total. The molecule has 4 rings (SSSR count). The van der Waals surface area contributed by atoms with Crippen LogP contribution in [0.25, 0.3) is 11.1 Å². The highest BCUT2D eigenvalue weighted by molar-refractivity contribution is 7.97. The van der Waals surface area contributed by atoms with E-state index in [2.05, 4.69) is 25.3 Å². The molecule has 0 radical (unpaired) electrons. The second-order valence-corrected chi connectivity index (χ2v) is 8.82. The summed E-state index contributed by atoms with van der Waals surface area (Å²) in [6.07, 6.45) is 3.27. The predicted molar refractivity (Wildman–Crippen MR) is 116 cm³/mol. The van der Waals surface area contributed by atoms with Gasteiger partial charge < -0.3 is 5.32 Å². The fourth-order valence-corrected chi connectivity index (χ4v) is 4.62. The fourth-order valence-electron chi connectivity index (χ4n) is 3.56. The highest BCUT2D eigenvalue weighted by atomic mass is 32.2. The van der Waals surface area contributed by atoms with Crippen molar-refractivity contribution in [3.8, 4) is 11.1 Å². The van der Waals surface area contributed by atoms with Gasteiger partial charge >= 0.3 is 6.18 Å². The molecule has 1 saturated heterocycles. The van der Waals surface area contributed by atoms with Gasteiger partial charge in [0.15, 0.2) is 0 Å². The number of alkyl halides is 3. The Morgan fingerprint density at radius 3 is 2.53 bits per heavy atom. The van der Waals surface area contributed by atoms with Crippen LogP contribution in [-0.4, -0.2) is 42.2 Å². The minimum absolute atomic E-state index is 0.136. The van der Waals surface area contributed by atoms with Gasteiger partial charge in [0.2, 0.25) is 11.7 Å². The summed E-state index contributed by atoms with van der Waals surface area (Å²) >= 11 is 1.32. The quantitative estimate of drug-likeness (QED) is 0.407. The maximum Gasteiger partial charge on any atom is 0.451 e. The molecule has 0 saturated carbocycles. The Morgan fingerprint density at radius 2 is 1.85 bits per heavy atom. The molecule has 1 amide bonds. The van der Waals surface area contributed by atoms with E-state index >= 15 is 0 Å². The van der Waals surface area contributed by atoms with Crippen molar-refractivity contribution in [3.05, 3.63) is 66.4 Å². The maximum atomic E-state index is 13.1. The Kier molecular flexibility index (Phi) is 7.08. The van der Waals surface area contributed by atoms with Crippen molar-refractivity contribution in [1.29, 1.82) is 0 Å². The number of pyridine rings is 2. The van der Waals surface area contributed by atoms with Gasteiger partial charge in [-0.25, -0.2) is 23.6 Å². The van der Waals surface area contributed by atoms with Gasteiger partial charge in [-0.2, -0.15) is 13.2 Å². The van der Waals surface area contributed by atoms with E-state index in [1.807, 2.05) is 11.2 Å². The number of carbonyl (C=O) groups is 1.